The molecule has 55 heavy (non-hydrogen) atoms. The number of nitrogens with zero attached hydrogens (tertiary/aromatic N) is 6. The first kappa shape index (κ1) is 42.8. The van der Waals surface area contributed by atoms with Crippen molar-refractivity contribution >= 4 is 53.0 Å². The fourth-order valence-electron chi connectivity index (χ4n) is 6.96. The molecule has 0 amide bonds. The van der Waals surface area contributed by atoms with Crippen molar-refractivity contribution in [2.75, 3.05) is 144 Å². The summed E-state index contributed by atoms with van der Waals surface area (Å²) in [4.78, 5) is 13.6. The molecule has 1 heterocycles. The summed E-state index contributed by atoms with van der Waals surface area (Å²) in [5, 5.41) is 3.19. The molecule has 2 N–H and O–H groups in total. The average molecular weight is 797 g/mol. The fourth-order valence-corrected chi connectivity index (χ4v) is 9.44. The second-order valence-corrected chi connectivity index (χ2v) is 18.2. The Labute approximate surface area is 328 Å². The van der Waals surface area contributed by atoms with Crippen molar-refractivity contribution in [3.05, 3.63) is 72.8 Å². The van der Waals surface area contributed by atoms with E-state index in [0.29, 0.717) is 50.2 Å². The van der Waals surface area contributed by atoms with Crippen molar-refractivity contribution in [1.82, 2.24) is 29.0 Å². The molecule has 0 radical (unpaired) electrons. The third-order valence-corrected chi connectivity index (χ3v) is 13.3. The highest BCUT2D eigenvalue weighted by Gasteiger charge is 2.21. The fraction of sp³-hybridized carbons (Fsp3) is 0.500. The highest BCUT2D eigenvalue weighted by molar-refractivity contribution is 7.90. The van der Waals surface area contributed by atoms with Gasteiger partial charge in [-0.1, -0.05) is 48.5 Å². The number of sulfonamides is 2. The largest absolute Gasteiger partial charge is 0.379 e. The lowest BCUT2D eigenvalue weighted by Gasteiger charge is -2.27. The molecule has 1 fully saturated rings. The van der Waals surface area contributed by atoms with Crippen LogP contribution in [0.4, 0.5) is 11.4 Å². The quantitative estimate of drug-likeness (QED) is 0.220. The number of anilines is 2. The normalized spacial score (nSPS) is 17.3. The van der Waals surface area contributed by atoms with Crippen molar-refractivity contribution in [1.29, 1.82) is 0 Å². The molecule has 5 rings (SSSR count). The minimum atomic E-state index is -3.75. The van der Waals surface area contributed by atoms with Crippen LogP contribution in [0.1, 0.15) is 0 Å². The SMILES string of the molecule is CN1CCN(C)CCN(CCNS(=O)(=O)c2cccc3c(N(C)C)cccc23)CCOCCN(CCNS(=O)(=O)c2cccc3c(N(C)C)cccc23)CC1. The molecule has 13 nitrogen and oxygen atoms in total. The van der Waals surface area contributed by atoms with Gasteiger partial charge in [0.15, 0.2) is 0 Å². The van der Waals surface area contributed by atoms with Gasteiger partial charge in [0.2, 0.25) is 20.0 Å². The highest BCUT2D eigenvalue weighted by Crippen LogP contribution is 2.31. The number of hydrogen-bond donors (Lipinski definition) is 2. The monoisotopic (exact) mass is 796 g/mol. The van der Waals surface area contributed by atoms with Crippen LogP contribution in [-0.4, -0.2) is 170 Å². The van der Waals surface area contributed by atoms with Crippen molar-refractivity contribution in [3.8, 4) is 0 Å². The summed E-state index contributed by atoms with van der Waals surface area (Å²) in [7, 11) is 4.54. The summed E-state index contributed by atoms with van der Waals surface area (Å²) in [5.41, 5.74) is 1.94. The molecule has 0 aliphatic carbocycles. The van der Waals surface area contributed by atoms with Crippen LogP contribution in [0.15, 0.2) is 82.6 Å². The van der Waals surface area contributed by atoms with Gasteiger partial charge in [0.05, 0.1) is 23.0 Å². The zero-order chi connectivity index (χ0) is 39.6. The van der Waals surface area contributed by atoms with Crippen molar-refractivity contribution in [2.45, 2.75) is 9.79 Å². The van der Waals surface area contributed by atoms with Crippen molar-refractivity contribution in [2.24, 2.45) is 0 Å². The molecule has 0 spiro atoms. The Balaban J connectivity index is 1.17. The van der Waals surface area contributed by atoms with E-state index in [1.54, 1.807) is 24.3 Å². The Kier molecular flexibility index (Phi) is 15.3. The topological polar surface area (TPSA) is 121 Å². The molecule has 1 saturated heterocycles. The third-order valence-electron chi connectivity index (χ3n) is 10.3. The Hall–Kier alpha value is -3.38. The number of hydrogen-bond acceptors (Lipinski definition) is 11. The number of ether oxygens (including phenoxy) is 1. The molecule has 4 aromatic rings. The van der Waals surface area contributed by atoms with Gasteiger partial charge in [-0.05, 0) is 38.4 Å². The predicted molar refractivity (Wildman–Crippen MR) is 226 cm³/mol. The summed E-state index contributed by atoms with van der Waals surface area (Å²) in [5.74, 6) is 0. The molecule has 0 unspecified atom stereocenters. The van der Waals surface area contributed by atoms with E-state index in [1.165, 1.54) is 0 Å². The van der Waals surface area contributed by atoms with Crippen molar-refractivity contribution < 1.29 is 21.6 Å². The number of fused-ring (bicyclic) bond motifs is 2. The van der Waals surface area contributed by atoms with E-state index in [4.69, 9.17) is 4.74 Å². The standard InChI is InChI=1S/C40H60N8O5S2/c1-43(2)37-15-7-13-35-33(37)11-9-17-39(35)54(49,50)41-19-21-47-27-25-45(5)23-24-46(6)26-28-48(30-32-53-31-29-47)22-20-42-55(51,52)40-18-10-12-34-36(40)14-8-16-38(34)44(3)4/h7-18,41-42H,19-32H2,1-6H3. The Bertz CT molecular complexity index is 1930. The van der Waals surface area contributed by atoms with E-state index in [2.05, 4.69) is 43.1 Å². The van der Waals surface area contributed by atoms with Crippen LogP contribution >= 0.6 is 0 Å². The lowest BCUT2D eigenvalue weighted by molar-refractivity contribution is 0.0816. The molecule has 1 aliphatic rings. The minimum absolute atomic E-state index is 0.276. The average Bonchev–Trinajstić information content (AvgIpc) is 3.16. The first-order valence-electron chi connectivity index (χ1n) is 19.0. The summed E-state index contributed by atoms with van der Waals surface area (Å²) in [6, 6.07) is 22.3. The summed E-state index contributed by atoms with van der Waals surface area (Å²) in [6.07, 6.45) is 0. The summed E-state index contributed by atoms with van der Waals surface area (Å²) >= 11 is 0. The smallest absolute Gasteiger partial charge is 0.241 e. The van der Waals surface area contributed by atoms with Gasteiger partial charge >= 0.3 is 0 Å². The molecule has 302 valence electrons. The van der Waals surface area contributed by atoms with Gasteiger partial charge in [0.1, 0.15) is 0 Å². The maximum Gasteiger partial charge on any atom is 0.241 e. The van der Waals surface area contributed by atoms with E-state index in [-0.39, 0.29) is 22.9 Å². The molecule has 0 atom stereocenters. The van der Waals surface area contributed by atoms with Gasteiger partial charge in [0.25, 0.3) is 0 Å². The lowest BCUT2D eigenvalue weighted by Crippen LogP contribution is -2.42. The molecule has 4 aromatic carbocycles. The van der Waals surface area contributed by atoms with E-state index in [9.17, 15) is 16.8 Å². The highest BCUT2D eigenvalue weighted by atomic mass is 32.2. The van der Waals surface area contributed by atoms with E-state index in [1.807, 2.05) is 86.5 Å². The van der Waals surface area contributed by atoms with Gasteiger partial charge in [-0.2, -0.15) is 0 Å². The third kappa shape index (κ3) is 11.6. The van der Waals surface area contributed by atoms with Crippen LogP contribution < -0.4 is 19.2 Å². The second-order valence-electron chi connectivity index (χ2n) is 14.7. The molecule has 1 aliphatic heterocycles. The minimum Gasteiger partial charge on any atom is -0.379 e. The molecular formula is C40H60N8O5S2. The van der Waals surface area contributed by atoms with Crippen LogP contribution in [-0.2, 0) is 24.8 Å². The Morgan fingerprint density at radius 3 is 1.29 bits per heavy atom. The van der Waals surface area contributed by atoms with Crippen LogP contribution in [0.2, 0.25) is 0 Å². The van der Waals surface area contributed by atoms with Crippen LogP contribution in [0, 0.1) is 0 Å². The van der Waals surface area contributed by atoms with Gasteiger partial charge in [-0.25, -0.2) is 26.3 Å². The van der Waals surface area contributed by atoms with Gasteiger partial charge in [-0.3, -0.25) is 9.80 Å². The first-order chi connectivity index (χ1) is 26.3. The number of benzene rings is 4. The van der Waals surface area contributed by atoms with Crippen LogP contribution in [0.25, 0.3) is 21.5 Å². The second kappa shape index (κ2) is 19.7. The molecule has 0 bridgehead atoms. The summed E-state index contributed by atoms with van der Waals surface area (Å²) < 4.78 is 66.1. The zero-order valence-corrected chi connectivity index (χ0v) is 35.0. The number of rotatable bonds is 12. The van der Waals surface area contributed by atoms with Crippen LogP contribution in [0.5, 0.6) is 0 Å². The number of likely N-dealkylation sites (N-methyl/N-ethyl adjacent to an activating group) is 2. The van der Waals surface area contributed by atoms with Gasteiger partial charge in [0, 0.05) is 140 Å². The van der Waals surface area contributed by atoms with E-state index >= 15 is 0 Å². The lowest BCUT2D eigenvalue weighted by atomic mass is 10.1. The Morgan fingerprint density at radius 1 is 0.527 bits per heavy atom. The zero-order valence-electron chi connectivity index (χ0n) is 33.4. The molecule has 0 saturated carbocycles. The van der Waals surface area contributed by atoms with Gasteiger partial charge < -0.3 is 24.3 Å². The summed E-state index contributed by atoms with van der Waals surface area (Å²) in [6.45, 7) is 9.01. The number of nitrogens with one attached hydrogen (secondary N) is 2. The maximum atomic E-state index is 13.6. The van der Waals surface area contributed by atoms with E-state index in [0.717, 1.165) is 61.4 Å². The van der Waals surface area contributed by atoms with Crippen molar-refractivity contribution in [3.63, 3.8) is 0 Å². The van der Waals surface area contributed by atoms with E-state index < -0.39 is 20.0 Å². The first-order valence-corrected chi connectivity index (χ1v) is 22.0. The Morgan fingerprint density at radius 2 is 0.891 bits per heavy atom. The molecule has 0 aromatic heterocycles. The van der Waals surface area contributed by atoms with Gasteiger partial charge in [-0.15, -0.1) is 0 Å². The predicted octanol–water partition coefficient (Wildman–Crippen LogP) is 2.88. The molecule has 15 heteroatoms. The molecular weight excluding hydrogens is 737 g/mol. The van der Waals surface area contributed by atoms with Crippen LogP contribution in [0.3, 0.4) is 0 Å². The maximum absolute atomic E-state index is 13.6.